The van der Waals surface area contributed by atoms with Crippen LogP contribution in [0.15, 0.2) is 11.4 Å². The summed E-state index contributed by atoms with van der Waals surface area (Å²) in [4.78, 5) is 11.6. The molecule has 2 aromatic rings. The standard InChI is InChI=1S/C14H16N2O2S2/c1-2-10-11(3-1)20-14-12(10)13(15-7-16-14)19-6-9-4-5-17-8-18-9/h7,9H,1-6,8H2/t9-/m1/s1. The number of hydrogen-bond acceptors (Lipinski definition) is 6. The van der Waals surface area contributed by atoms with Crippen molar-refractivity contribution < 1.29 is 9.47 Å². The molecule has 2 aromatic heterocycles. The molecule has 0 amide bonds. The maximum absolute atomic E-state index is 5.60. The van der Waals surface area contributed by atoms with Crippen molar-refractivity contribution in [3.63, 3.8) is 0 Å². The first-order valence-corrected chi connectivity index (χ1v) is 8.79. The molecule has 0 saturated carbocycles. The van der Waals surface area contributed by atoms with Gasteiger partial charge in [-0.1, -0.05) is 0 Å². The molecule has 2 aliphatic rings. The lowest BCUT2D eigenvalue weighted by molar-refractivity contribution is -0.130. The van der Waals surface area contributed by atoms with Gasteiger partial charge in [0.05, 0.1) is 12.7 Å². The molecule has 1 atom stereocenters. The lowest BCUT2D eigenvalue weighted by atomic mass is 10.2. The monoisotopic (exact) mass is 308 g/mol. The Kier molecular flexibility index (Phi) is 3.64. The van der Waals surface area contributed by atoms with E-state index in [0.717, 1.165) is 28.6 Å². The predicted molar refractivity (Wildman–Crippen MR) is 80.5 cm³/mol. The largest absolute Gasteiger partial charge is 0.355 e. The molecule has 6 heteroatoms. The molecule has 20 heavy (non-hydrogen) atoms. The van der Waals surface area contributed by atoms with E-state index in [-0.39, 0.29) is 6.10 Å². The van der Waals surface area contributed by atoms with Gasteiger partial charge >= 0.3 is 0 Å². The SMILES string of the molecule is c1nc(SC[C@H]2CCOCO2)c2c3c(sc2n1)CCC3. The summed E-state index contributed by atoms with van der Waals surface area (Å²) in [5.41, 5.74) is 1.50. The fourth-order valence-corrected chi connectivity index (χ4v) is 5.20. The second kappa shape index (κ2) is 5.60. The number of thioether (sulfide) groups is 1. The highest BCUT2D eigenvalue weighted by Crippen LogP contribution is 2.40. The van der Waals surface area contributed by atoms with Gasteiger partial charge in [0.1, 0.15) is 23.0 Å². The fraction of sp³-hybridized carbons (Fsp3) is 0.571. The zero-order valence-corrected chi connectivity index (χ0v) is 12.8. The molecule has 1 aliphatic heterocycles. The minimum absolute atomic E-state index is 0.283. The van der Waals surface area contributed by atoms with Crippen LogP contribution in [0.25, 0.3) is 10.2 Å². The zero-order chi connectivity index (χ0) is 13.4. The third-order valence-electron chi connectivity index (χ3n) is 3.84. The van der Waals surface area contributed by atoms with E-state index in [0.29, 0.717) is 6.79 Å². The first-order chi connectivity index (χ1) is 9.92. The van der Waals surface area contributed by atoms with Crippen molar-refractivity contribution in [1.82, 2.24) is 9.97 Å². The first kappa shape index (κ1) is 13.0. The average Bonchev–Trinajstić information content (AvgIpc) is 3.06. The number of nitrogens with zero attached hydrogens (tertiary/aromatic N) is 2. The summed E-state index contributed by atoms with van der Waals surface area (Å²) in [7, 11) is 0. The van der Waals surface area contributed by atoms with Gasteiger partial charge < -0.3 is 9.47 Å². The topological polar surface area (TPSA) is 44.2 Å². The second-order valence-electron chi connectivity index (χ2n) is 5.13. The first-order valence-electron chi connectivity index (χ1n) is 6.99. The molecule has 4 rings (SSSR count). The van der Waals surface area contributed by atoms with Crippen LogP contribution in [0.4, 0.5) is 0 Å². The summed E-state index contributed by atoms with van der Waals surface area (Å²) in [6.45, 7) is 1.23. The van der Waals surface area contributed by atoms with Gasteiger partial charge in [0, 0.05) is 16.0 Å². The van der Waals surface area contributed by atoms with Crippen LogP contribution in [0.3, 0.4) is 0 Å². The lowest BCUT2D eigenvalue weighted by Gasteiger charge is -2.22. The van der Waals surface area contributed by atoms with Gasteiger partial charge in [-0.25, -0.2) is 9.97 Å². The maximum atomic E-state index is 5.60. The van der Waals surface area contributed by atoms with Gasteiger partial charge in [-0.2, -0.15) is 0 Å². The summed E-state index contributed by atoms with van der Waals surface area (Å²) in [5.74, 6) is 0.945. The Morgan fingerprint density at radius 1 is 1.35 bits per heavy atom. The Morgan fingerprint density at radius 2 is 2.35 bits per heavy atom. The average molecular weight is 308 g/mol. The molecule has 3 heterocycles. The number of thiophene rings is 1. The van der Waals surface area contributed by atoms with Crippen LogP contribution in [0.1, 0.15) is 23.3 Å². The third kappa shape index (κ3) is 2.35. The van der Waals surface area contributed by atoms with Crippen molar-refractivity contribution in [3.05, 3.63) is 16.8 Å². The minimum atomic E-state index is 0.283. The number of ether oxygens (including phenoxy) is 2. The van der Waals surface area contributed by atoms with Crippen LogP contribution >= 0.6 is 23.1 Å². The number of aromatic nitrogens is 2. The molecule has 1 fully saturated rings. The molecule has 1 saturated heterocycles. The van der Waals surface area contributed by atoms with Crippen LogP contribution in [0, 0.1) is 0 Å². The van der Waals surface area contributed by atoms with E-state index < -0.39 is 0 Å². The van der Waals surface area contributed by atoms with Crippen molar-refractivity contribution in [2.75, 3.05) is 19.2 Å². The van der Waals surface area contributed by atoms with Gasteiger partial charge in [0.15, 0.2) is 0 Å². The van der Waals surface area contributed by atoms with E-state index in [2.05, 4.69) is 9.97 Å². The second-order valence-corrected chi connectivity index (χ2v) is 7.22. The minimum Gasteiger partial charge on any atom is -0.355 e. The van der Waals surface area contributed by atoms with E-state index >= 15 is 0 Å². The molecule has 0 bridgehead atoms. The Bertz CT molecular complexity index is 623. The molecule has 0 radical (unpaired) electrons. The van der Waals surface area contributed by atoms with Crippen molar-refractivity contribution in [2.24, 2.45) is 0 Å². The summed E-state index contributed by atoms with van der Waals surface area (Å²) in [6.07, 6.45) is 6.63. The quantitative estimate of drug-likeness (QED) is 0.644. The van der Waals surface area contributed by atoms with Crippen molar-refractivity contribution in [2.45, 2.75) is 36.8 Å². The van der Waals surface area contributed by atoms with Gasteiger partial charge in [-0.15, -0.1) is 23.1 Å². The number of hydrogen-bond donors (Lipinski definition) is 0. The van der Waals surface area contributed by atoms with Crippen molar-refractivity contribution >= 4 is 33.3 Å². The van der Waals surface area contributed by atoms with Crippen LogP contribution in [-0.4, -0.2) is 35.2 Å². The Balaban J connectivity index is 1.59. The zero-order valence-electron chi connectivity index (χ0n) is 11.1. The highest BCUT2D eigenvalue weighted by atomic mass is 32.2. The molecule has 4 nitrogen and oxygen atoms in total. The van der Waals surface area contributed by atoms with E-state index in [9.17, 15) is 0 Å². The van der Waals surface area contributed by atoms with Crippen LogP contribution < -0.4 is 0 Å². The van der Waals surface area contributed by atoms with Crippen molar-refractivity contribution in [3.8, 4) is 0 Å². The van der Waals surface area contributed by atoms with Crippen LogP contribution in [0.2, 0.25) is 0 Å². The Labute approximate surface area is 125 Å². The smallest absolute Gasteiger partial charge is 0.147 e. The van der Waals surface area contributed by atoms with Crippen LogP contribution in [0.5, 0.6) is 0 Å². The molecule has 1 aliphatic carbocycles. The Morgan fingerprint density at radius 3 is 3.25 bits per heavy atom. The van der Waals surface area contributed by atoms with Crippen LogP contribution in [-0.2, 0) is 22.3 Å². The van der Waals surface area contributed by atoms with E-state index in [4.69, 9.17) is 9.47 Å². The molecular weight excluding hydrogens is 292 g/mol. The maximum Gasteiger partial charge on any atom is 0.147 e. The number of aryl methyl sites for hydroxylation is 2. The molecule has 0 unspecified atom stereocenters. The third-order valence-corrected chi connectivity index (χ3v) is 6.16. The highest BCUT2D eigenvalue weighted by molar-refractivity contribution is 7.99. The molecule has 0 aromatic carbocycles. The van der Waals surface area contributed by atoms with E-state index in [1.165, 1.54) is 35.1 Å². The number of rotatable bonds is 3. The van der Waals surface area contributed by atoms with E-state index in [1.807, 2.05) is 11.3 Å². The summed E-state index contributed by atoms with van der Waals surface area (Å²) < 4.78 is 10.8. The molecule has 106 valence electrons. The Hall–Kier alpha value is -0.690. The van der Waals surface area contributed by atoms with Gasteiger partial charge in [0.25, 0.3) is 0 Å². The van der Waals surface area contributed by atoms with Crippen molar-refractivity contribution in [1.29, 1.82) is 0 Å². The fourth-order valence-electron chi connectivity index (χ4n) is 2.81. The van der Waals surface area contributed by atoms with Gasteiger partial charge in [-0.05, 0) is 31.2 Å². The molecule has 0 spiro atoms. The predicted octanol–water partition coefficient (Wildman–Crippen LogP) is 3.04. The van der Waals surface area contributed by atoms with Gasteiger partial charge in [-0.3, -0.25) is 0 Å². The summed E-state index contributed by atoms with van der Waals surface area (Å²) >= 11 is 3.65. The summed E-state index contributed by atoms with van der Waals surface area (Å²) in [6, 6.07) is 0. The molecular formula is C14H16N2O2S2. The van der Waals surface area contributed by atoms with E-state index in [1.54, 1.807) is 18.1 Å². The van der Waals surface area contributed by atoms with Gasteiger partial charge in [0.2, 0.25) is 0 Å². The number of fused-ring (bicyclic) bond motifs is 3. The lowest BCUT2D eigenvalue weighted by Crippen LogP contribution is -2.25. The summed E-state index contributed by atoms with van der Waals surface area (Å²) in [5, 5.41) is 2.44. The normalized spacial score (nSPS) is 22.3. The molecule has 0 N–H and O–H groups in total. The highest BCUT2D eigenvalue weighted by Gasteiger charge is 2.22.